The van der Waals surface area contributed by atoms with Gasteiger partial charge in [-0.3, -0.25) is 0 Å². The van der Waals surface area contributed by atoms with Gasteiger partial charge < -0.3 is 5.32 Å². The van der Waals surface area contributed by atoms with Crippen molar-refractivity contribution in [1.82, 2.24) is 0 Å². The van der Waals surface area contributed by atoms with E-state index in [1.165, 1.54) is 98.4 Å². The third-order valence-corrected chi connectivity index (χ3v) is 15.6. The summed E-state index contributed by atoms with van der Waals surface area (Å²) in [4.78, 5) is 1.39. The minimum absolute atomic E-state index is 0.467. The van der Waals surface area contributed by atoms with E-state index in [1.807, 2.05) is 11.3 Å². The van der Waals surface area contributed by atoms with Crippen LogP contribution in [-0.2, 0) is 10.8 Å². The summed E-state index contributed by atoms with van der Waals surface area (Å²) in [5.74, 6) is 0. The lowest BCUT2D eigenvalue weighted by atomic mass is 9.67. The second kappa shape index (κ2) is 15.3. The molecule has 0 bridgehead atoms. The summed E-state index contributed by atoms with van der Waals surface area (Å²) in [6.45, 7) is 0. The third-order valence-electron chi connectivity index (χ3n) is 14.3. The maximum Gasteiger partial charge on any atom is 0.0820 e. The molecule has 310 valence electrons. The van der Waals surface area contributed by atoms with E-state index in [4.69, 9.17) is 0 Å². The highest BCUT2D eigenvalue weighted by Crippen LogP contribution is 2.66. The zero-order chi connectivity index (χ0) is 43.7. The van der Waals surface area contributed by atoms with Crippen molar-refractivity contribution in [2.75, 3.05) is 5.32 Å². The normalized spacial score (nSPS) is 16.2. The van der Waals surface area contributed by atoms with Crippen LogP contribution in [0.2, 0.25) is 0 Å². The van der Waals surface area contributed by atoms with Gasteiger partial charge in [0.1, 0.15) is 0 Å². The summed E-state index contributed by atoms with van der Waals surface area (Å²) in [5, 5.41) is 5.02. The molecule has 66 heavy (non-hydrogen) atoms. The molecule has 13 rings (SSSR count). The number of allylic oxidation sites excluding steroid dienone is 4. The van der Waals surface area contributed by atoms with Crippen molar-refractivity contribution in [3.63, 3.8) is 0 Å². The van der Waals surface area contributed by atoms with Crippen LogP contribution in [0, 0.1) is 0 Å². The lowest BCUT2D eigenvalue weighted by Crippen LogP contribution is -2.28. The zero-order valence-electron chi connectivity index (χ0n) is 36.2. The smallest absolute Gasteiger partial charge is 0.0820 e. The number of rotatable bonds is 8. The highest BCUT2D eigenvalue weighted by atomic mass is 32.1. The van der Waals surface area contributed by atoms with Crippen LogP contribution in [0.1, 0.15) is 49.4 Å². The molecule has 0 saturated heterocycles. The lowest BCUT2D eigenvalue weighted by molar-refractivity contribution is 0.768. The second-order valence-corrected chi connectivity index (χ2v) is 18.6. The Balaban J connectivity index is 1.00. The number of hydrogen-bond donors (Lipinski definition) is 1. The van der Waals surface area contributed by atoms with Gasteiger partial charge in [0.05, 0.1) is 10.8 Å². The number of anilines is 1. The first-order chi connectivity index (χ1) is 32.7. The van der Waals surface area contributed by atoms with Gasteiger partial charge >= 0.3 is 0 Å². The molecular formula is C64H43NS. The van der Waals surface area contributed by atoms with Gasteiger partial charge in [0.15, 0.2) is 0 Å². The van der Waals surface area contributed by atoms with Gasteiger partial charge in [-0.25, -0.2) is 0 Å². The first-order valence-corrected chi connectivity index (χ1v) is 23.6. The maximum absolute atomic E-state index is 3.69. The number of fused-ring (bicyclic) bond motifs is 12. The van der Waals surface area contributed by atoms with Crippen molar-refractivity contribution in [3.05, 3.63) is 304 Å². The van der Waals surface area contributed by atoms with Crippen molar-refractivity contribution < 1.29 is 0 Å². The van der Waals surface area contributed by atoms with Crippen LogP contribution in [0.15, 0.2) is 254 Å². The minimum atomic E-state index is -0.503. The zero-order valence-corrected chi connectivity index (χ0v) is 37.0. The van der Waals surface area contributed by atoms with E-state index in [0.29, 0.717) is 0 Å². The third kappa shape index (κ3) is 5.59. The van der Waals surface area contributed by atoms with Crippen LogP contribution >= 0.6 is 11.3 Å². The van der Waals surface area contributed by atoms with E-state index < -0.39 is 10.8 Å². The number of nitrogens with one attached hydrogen (secondary N) is 1. The van der Waals surface area contributed by atoms with E-state index in [2.05, 4.69) is 260 Å². The van der Waals surface area contributed by atoms with E-state index in [0.717, 1.165) is 11.3 Å². The van der Waals surface area contributed by atoms with Gasteiger partial charge in [-0.1, -0.05) is 218 Å². The maximum atomic E-state index is 3.69. The van der Waals surface area contributed by atoms with Crippen LogP contribution < -0.4 is 5.32 Å². The Morgan fingerprint density at radius 3 is 1.65 bits per heavy atom. The van der Waals surface area contributed by atoms with Crippen molar-refractivity contribution in [1.29, 1.82) is 0 Å². The molecule has 0 fully saturated rings. The highest BCUT2D eigenvalue weighted by molar-refractivity contribution is 7.20. The van der Waals surface area contributed by atoms with Crippen LogP contribution in [0.4, 0.5) is 5.69 Å². The van der Waals surface area contributed by atoms with Crippen LogP contribution in [0.25, 0.3) is 55.1 Å². The summed E-state index contributed by atoms with van der Waals surface area (Å²) in [6, 6.07) is 84.8. The van der Waals surface area contributed by atoms with Gasteiger partial charge in [0, 0.05) is 32.4 Å². The van der Waals surface area contributed by atoms with Crippen LogP contribution in [-0.4, -0.2) is 0 Å². The fourth-order valence-electron chi connectivity index (χ4n) is 11.5. The molecule has 0 radical (unpaired) electrons. The molecule has 0 amide bonds. The molecule has 3 aliphatic carbocycles. The molecule has 1 spiro atoms. The molecular weight excluding hydrogens is 815 g/mol. The fourth-order valence-corrected chi connectivity index (χ4v) is 13.0. The van der Waals surface area contributed by atoms with Gasteiger partial charge in [0.2, 0.25) is 0 Å². The quantitative estimate of drug-likeness (QED) is 0.161. The fraction of sp³-hybridized carbons (Fsp3) is 0.0312. The molecule has 1 atom stereocenters. The number of benzene rings is 9. The first-order valence-electron chi connectivity index (χ1n) is 22.8. The number of thiophene rings is 1. The van der Waals surface area contributed by atoms with Crippen LogP contribution in [0.3, 0.4) is 0 Å². The molecule has 1 N–H and O–H groups in total. The molecule has 10 aromatic rings. The summed E-state index contributed by atoms with van der Waals surface area (Å²) < 4.78 is 1.32. The summed E-state index contributed by atoms with van der Waals surface area (Å²) in [6.07, 6.45) is 9.26. The first kappa shape index (κ1) is 38.4. The Morgan fingerprint density at radius 1 is 0.394 bits per heavy atom. The SMILES string of the molecule is C(=C/c1ccc2c(c1)C(c1ccccc1)(c1ccccc1)c1ccccc1-2)/C1=C(/C=C/Nc2ccc(-c3ccccc3)cc2)C2(c3ccccc31)c1ccccc1-c1c2sc2ccccc12. The van der Waals surface area contributed by atoms with Crippen molar-refractivity contribution in [3.8, 4) is 33.4 Å². The Bertz CT molecular complexity index is 3550. The number of hydrogen-bond acceptors (Lipinski definition) is 2. The van der Waals surface area contributed by atoms with Gasteiger partial charge in [-0.05, 0) is 114 Å². The van der Waals surface area contributed by atoms with Crippen molar-refractivity contribution >= 4 is 38.8 Å². The van der Waals surface area contributed by atoms with E-state index >= 15 is 0 Å². The summed E-state index contributed by atoms with van der Waals surface area (Å²) in [5.41, 5.74) is 20.5. The topological polar surface area (TPSA) is 12.0 Å². The summed E-state index contributed by atoms with van der Waals surface area (Å²) >= 11 is 1.94. The molecule has 1 aromatic heterocycles. The Hall–Kier alpha value is -8.04. The molecule has 1 heterocycles. The largest absolute Gasteiger partial charge is 0.362 e. The molecule has 3 aliphatic rings. The Kier molecular flexibility index (Phi) is 8.91. The molecule has 1 nitrogen and oxygen atoms in total. The second-order valence-electron chi connectivity index (χ2n) is 17.6. The molecule has 9 aromatic carbocycles. The van der Waals surface area contributed by atoms with E-state index in [1.54, 1.807) is 0 Å². The standard InChI is InChI=1S/C64H43NS/c1-4-18-44(19-5-1)45-34-36-48(37-35-45)65-41-40-58-51(49-24-11-15-29-56(49)64(58)57-30-16-12-26-53(57)61-54-27-13-17-31-60(54)66-62(61)64)38-32-43-33-39-52-50-25-10-14-28-55(50)63(59(52)42-43,46-20-6-2-7-21-46)47-22-8-3-9-23-47/h1-42,65H/b38-32-,41-40+. The molecule has 2 heteroatoms. The van der Waals surface area contributed by atoms with E-state index in [-0.39, 0.29) is 0 Å². The molecule has 1 unspecified atom stereocenters. The minimum Gasteiger partial charge on any atom is -0.362 e. The van der Waals surface area contributed by atoms with Crippen molar-refractivity contribution in [2.24, 2.45) is 0 Å². The predicted molar refractivity (Wildman–Crippen MR) is 278 cm³/mol. The molecule has 0 saturated carbocycles. The van der Waals surface area contributed by atoms with Crippen molar-refractivity contribution in [2.45, 2.75) is 10.8 Å². The van der Waals surface area contributed by atoms with Gasteiger partial charge in [-0.15, -0.1) is 11.3 Å². The monoisotopic (exact) mass is 857 g/mol. The average molecular weight is 858 g/mol. The Labute approximate surface area is 390 Å². The van der Waals surface area contributed by atoms with Gasteiger partial charge in [0.25, 0.3) is 0 Å². The van der Waals surface area contributed by atoms with E-state index in [9.17, 15) is 0 Å². The summed E-state index contributed by atoms with van der Waals surface area (Å²) in [7, 11) is 0. The highest BCUT2D eigenvalue weighted by Gasteiger charge is 2.53. The average Bonchev–Trinajstić information content (AvgIpc) is 4.09. The molecule has 0 aliphatic heterocycles. The Morgan fingerprint density at radius 2 is 0.939 bits per heavy atom. The predicted octanol–water partition coefficient (Wildman–Crippen LogP) is 16.4. The van der Waals surface area contributed by atoms with Crippen LogP contribution in [0.5, 0.6) is 0 Å². The lowest BCUT2D eigenvalue weighted by Gasteiger charge is -2.34. The van der Waals surface area contributed by atoms with Gasteiger partial charge in [-0.2, -0.15) is 0 Å².